The molecule has 1 amide bonds. The smallest absolute Gasteiger partial charge is 0.254 e. The molecule has 0 atom stereocenters. The zero-order chi connectivity index (χ0) is 17.2. The summed E-state index contributed by atoms with van der Waals surface area (Å²) in [6.45, 7) is 2.31. The summed E-state index contributed by atoms with van der Waals surface area (Å²) in [5.41, 5.74) is 3.02. The fourth-order valence-corrected chi connectivity index (χ4v) is 3.15. The number of halogens is 1. The Bertz CT molecular complexity index is 925. The Balaban J connectivity index is 1.87. The Hall–Kier alpha value is -2.50. The lowest BCUT2D eigenvalue weighted by Gasteiger charge is -2.27. The fourth-order valence-electron chi connectivity index (χ4n) is 2.98. The molecule has 0 N–H and O–H groups in total. The lowest BCUT2D eigenvalue weighted by Crippen LogP contribution is -2.40. The first-order valence-electron chi connectivity index (χ1n) is 8.10. The van der Waals surface area contributed by atoms with E-state index in [4.69, 9.17) is 21.3 Å². The minimum atomic E-state index is -0.0201. The van der Waals surface area contributed by atoms with Crippen molar-refractivity contribution in [1.82, 2.24) is 14.9 Å². The van der Waals surface area contributed by atoms with E-state index in [2.05, 4.69) is 4.98 Å². The minimum absolute atomic E-state index is 0.0201. The van der Waals surface area contributed by atoms with E-state index >= 15 is 0 Å². The second-order valence-electron chi connectivity index (χ2n) is 5.86. The van der Waals surface area contributed by atoms with Crippen LogP contribution in [0.3, 0.4) is 0 Å². The standard InChI is InChI=1S/C19H16ClN3O2/c20-14-1-2-17-15(11-14)16(19(24)23-7-9-25-10-8-23)12-18(22-17)13-3-5-21-6-4-13/h1-6,11-12H,7-10H2. The number of amides is 1. The van der Waals surface area contributed by atoms with Crippen LogP contribution < -0.4 is 0 Å². The van der Waals surface area contributed by atoms with Gasteiger partial charge in [0.2, 0.25) is 0 Å². The molecule has 25 heavy (non-hydrogen) atoms. The number of carbonyl (C=O) groups excluding carboxylic acids is 1. The summed E-state index contributed by atoms with van der Waals surface area (Å²) >= 11 is 6.16. The lowest BCUT2D eigenvalue weighted by atomic mass is 10.0. The van der Waals surface area contributed by atoms with E-state index in [1.54, 1.807) is 24.5 Å². The highest BCUT2D eigenvalue weighted by Gasteiger charge is 2.22. The molecule has 6 heteroatoms. The first-order valence-corrected chi connectivity index (χ1v) is 8.48. The highest BCUT2D eigenvalue weighted by molar-refractivity contribution is 6.31. The molecule has 1 aliphatic rings. The number of ether oxygens (including phenoxy) is 1. The summed E-state index contributed by atoms with van der Waals surface area (Å²) in [5, 5.41) is 1.35. The van der Waals surface area contributed by atoms with Gasteiger partial charge in [-0.1, -0.05) is 11.6 Å². The van der Waals surface area contributed by atoms with Crippen LogP contribution in [0.4, 0.5) is 0 Å². The second kappa shape index (κ2) is 6.78. The zero-order valence-corrected chi connectivity index (χ0v) is 14.2. The first-order chi connectivity index (χ1) is 12.2. The minimum Gasteiger partial charge on any atom is -0.378 e. The van der Waals surface area contributed by atoms with Gasteiger partial charge >= 0.3 is 0 Å². The van der Waals surface area contributed by atoms with E-state index in [0.29, 0.717) is 36.9 Å². The summed E-state index contributed by atoms with van der Waals surface area (Å²) < 4.78 is 5.35. The zero-order valence-electron chi connectivity index (χ0n) is 13.5. The number of rotatable bonds is 2. The van der Waals surface area contributed by atoms with E-state index in [1.165, 1.54) is 0 Å². The van der Waals surface area contributed by atoms with Crippen LogP contribution in [0.2, 0.25) is 5.02 Å². The van der Waals surface area contributed by atoms with Crippen molar-refractivity contribution in [2.24, 2.45) is 0 Å². The van der Waals surface area contributed by atoms with E-state index in [-0.39, 0.29) is 5.91 Å². The molecule has 126 valence electrons. The molecule has 1 aromatic carbocycles. The molecule has 0 bridgehead atoms. The Morgan fingerprint density at radius 1 is 1.08 bits per heavy atom. The summed E-state index contributed by atoms with van der Waals surface area (Å²) in [4.78, 5) is 23.6. The Morgan fingerprint density at radius 3 is 2.60 bits per heavy atom. The van der Waals surface area contributed by atoms with Gasteiger partial charge in [-0.2, -0.15) is 0 Å². The third-order valence-corrected chi connectivity index (χ3v) is 4.51. The van der Waals surface area contributed by atoms with Crippen molar-refractivity contribution < 1.29 is 9.53 Å². The molecule has 0 spiro atoms. The van der Waals surface area contributed by atoms with E-state index in [1.807, 2.05) is 29.2 Å². The van der Waals surface area contributed by atoms with Crippen LogP contribution in [0.1, 0.15) is 10.4 Å². The predicted molar refractivity (Wildman–Crippen MR) is 96.7 cm³/mol. The van der Waals surface area contributed by atoms with Crippen molar-refractivity contribution in [3.05, 3.63) is 59.4 Å². The van der Waals surface area contributed by atoms with Gasteiger partial charge in [0.05, 0.1) is 30.0 Å². The monoisotopic (exact) mass is 353 g/mol. The Morgan fingerprint density at radius 2 is 1.84 bits per heavy atom. The number of benzene rings is 1. The average Bonchev–Trinajstić information content (AvgIpc) is 2.68. The average molecular weight is 354 g/mol. The number of pyridine rings is 2. The number of aromatic nitrogens is 2. The predicted octanol–water partition coefficient (Wildman–Crippen LogP) is 3.42. The molecule has 0 aliphatic carbocycles. The molecular weight excluding hydrogens is 338 g/mol. The van der Waals surface area contributed by atoms with Crippen LogP contribution in [0.15, 0.2) is 48.8 Å². The van der Waals surface area contributed by atoms with Gasteiger partial charge < -0.3 is 9.64 Å². The highest BCUT2D eigenvalue weighted by atomic mass is 35.5. The number of carbonyl (C=O) groups is 1. The first kappa shape index (κ1) is 16.0. The molecule has 1 fully saturated rings. The normalized spacial score (nSPS) is 14.7. The van der Waals surface area contributed by atoms with Crippen molar-refractivity contribution in [1.29, 1.82) is 0 Å². The molecule has 0 saturated carbocycles. The molecule has 3 heterocycles. The van der Waals surface area contributed by atoms with Crippen LogP contribution in [0.5, 0.6) is 0 Å². The maximum absolute atomic E-state index is 13.1. The van der Waals surface area contributed by atoms with Crippen molar-refractivity contribution >= 4 is 28.4 Å². The largest absolute Gasteiger partial charge is 0.378 e. The summed E-state index contributed by atoms with van der Waals surface area (Å²) in [5.74, 6) is -0.0201. The van der Waals surface area contributed by atoms with Crippen molar-refractivity contribution in [2.45, 2.75) is 0 Å². The van der Waals surface area contributed by atoms with Gasteiger partial charge in [0, 0.05) is 41.5 Å². The third kappa shape index (κ3) is 3.21. The Kier molecular flexibility index (Phi) is 4.34. The van der Waals surface area contributed by atoms with E-state index in [9.17, 15) is 4.79 Å². The highest BCUT2D eigenvalue weighted by Crippen LogP contribution is 2.28. The number of morpholine rings is 1. The SMILES string of the molecule is O=C(c1cc(-c2ccncc2)nc2ccc(Cl)cc12)N1CCOCC1. The number of hydrogen-bond donors (Lipinski definition) is 0. The molecule has 0 radical (unpaired) electrons. The topological polar surface area (TPSA) is 55.3 Å². The van der Waals surface area contributed by atoms with Crippen LogP contribution in [0.25, 0.3) is 22.2 Å². The number of hydrogen-bond acceptors (Lipinski definition) is 4. The van der Waals surface area contributed by atoms with Gasteiger partial charge in [-0.25, -0.2) is 4.98 Å². The number of fused-ring (bicyclic) bond motifs is 1. The maximum atomic E-state index is 13.1. The van der Waals surface area contributed by atoms with Gasteiger partial charge in [0.15, 0.2) is 0 Å². The second-order valence-corrected chi connectivity index (χ2v) is 6.29. The van der Waals surface area contributed by atoms with Crippen LogP contribution >= 0.6 is 11.6 Å². The van der Waals surface area contributed by atoms with Crippen LogP contribution in [-0.4, -0.2) is 47.1 Å². The molecule has 1 saturated heterocycles. The van der Waals surface area contributed by atoms with Gasteiger partial charge in [-0.3, -0.25) is 9.78 Å². The molecule has 0 unspecified atom stereocenters. The molecule has 1 aliphatic heterocycles. The maximum Gasteiger partial charge on any atom is 0.254 e. The van der Waals surface area contributed by atoms with Gasteiger partial charge in [0.25, 0.3) is 5.91 Å². The molecular formula is C19H16ClN3O2. The molecule has 3 aromatic rings. The quantitative estimate of drug-likeness (QED) is 0.708. The van der Waals surface area contributed by atoms with Crippen molar-refractivity contribution in [3.63, 3.8) is 0 Å². The summed E-state index contributed by atoms with van der Waals surface area (Å²) in [6.07, 6.45) is 3.43. The molecule has 2 aromatic heterocycles. The van der Waals surface area contributed by atoms with Crippen molar-refractivity contribution in [2.75, 3.05) is 26.3 Å². The molecule has 5 nitrogen and oxygen atoms in total. The fraction of sp³-hybridized carbons (Fsp3) is 0.211. The summed E-state index contributed by atoms with van der Waals surface area (Å²) in [6, 6.07) is 11.0. The van der Waals surface area contributed by atoms with E-state index in [0.717, 1.165) is 22.2 Å². The van der Waals surface area contributed by atoms with Gasteiger partial charge in [-0.15, -0.1) is 0 Å². The van der Waals surface area contributed by atoms with Gasteiger partial charge in [-0.05, 0) is 36.4 Å². The third-order valence-electron chi connectivity index (χ3n) is 4.28. The van der Waals surface area contributed by atoms with Crippen molar-refractivity contribution in [3.8, 4) is 11.3 Å². The number of nitrogens with zero attached hydrogens (tertiary/aromatic N) is 3. The van der Waals surface area contributed by atoms with Gasteiger partial charge in [0.1, 0.15) is 0 Å². The molecule has 4 rings (SSSR count). The summed E-state index contributed by atoms with van der Waals surface area (Å²) in [7, 11) is 0. The lowest BCUT2D eigenvalue weighted by molar-refractivity contribution is 0.0304. The van der Waals surface area contributed by atoms with Crippen LogP contribution in [-0.2, 0) is 4.74 Å². The Labute approximate surface area is 150 Å². The van der Waals surface area contributed by atoms with Crippen LogP contribution in [0, 0.1) is 0 Å². The van der Waals surface area contributed by atoms with E-state index < -0.39 is 0 Å².